The standard InChI is InChI=1S/C20H19NO/c22-19-13-7-5-11-17(19)20(15-8-2-1-3-9-15)14-21-18-12-6-4-10-16(18)20/h1-4,6,8-10,12,14,17H,5,7,11,13H2. The van der Waals surface area contributed by atoms with Gasteiger partial charge in [0.1, 0.15) is 5.78 Å². The molecule has 22 heavy (non-hydrogen) atoms. The zero-order valence-corrected chi connectivity index (χ0v) is 12.5. The fourth-order valence-electron chi connectivity index (χ4n) is 4.06. The Morgan fingerprint density at radius 2 is 1.73 bits per heavy atom. The Morgan fingerprint density at radius 3 is 2.55 bits per heavy atom. The van der Waals surface area contributed by atoms with Gasteiger partial charge < -0.3 is 0 Å². The summed E-state index contributed by atoms with van der Waals surface area (Å²) in [7, 11) is 0. The summed E-state index contributed by atoms with van der Waals surface area (Å²) in [4.78, 5) is 17.4. The minimum Gasteiger partial charge on any atom is -0.299 e. The van der Waals surface area contributed by atoms with Gasteiger partial charge in [0.05, 0.1) is 11.1 Å². The summed E-state index contributed by atoms with van der Waals surface area (Å²) in [5, 5.41) is 0. The van der Waals surface area contributed by atoms with Crippen LogP contribution in [0.4, 0.5) is 5.69 Å². The summed E-state index contributed by atoms with van der Waals surface area (Å²) in [5.74, 6) is 0.398. The van der Waals surface area contributed by atoms with Gasteiger partial charge in [-0.25, -0.2) is 0 Å². The van der Waals surface area contributed by atoms with Crippen molar-refractivity contribution in [3.8, 4) is 0 Å². The smallest absolute Gasteiger partial charge is 0.137 e. The Morgan fingerprint density at radius 1 is 0.955 bits per heavy atom. The van der Waals surface area contributed by atoms with Gasteiger partial charge in [-0.15, -0.1) is 0 Å². The third kappa shape index (κ3) is 1.87. The number of carbonyl (C=O) groups excluding carboxylic acids is 1. The molecule has 4 rings (SSSR count). The van der Waals surface area contributed by atoms with E-state index in [2.05, 4.69) is 41.4 Å². The highest BCUT2D eigenvalue weighted by atomic mass is 16.1. The third-order valence-corrected chi connectivity index (χ3v) is 5.11. The molecule has 2 heteroatoms. The van der Waals surface area contributed by atoms with Gasteiger partial charge in [-0.1, -0.05) is 55.0 Å². The zero-order valence-electron chi connectivity index (χ0n) is 12.5. The van der Waals surface area contributed by atoms with E-state index in [0.29, 0.717) is 12.2 Å². The summed E-state index contributed by atoms with van der Waals surface area (Å²) in [6, 6.07) is 18.7. The summed E-state index contributed by atoms with van der Waals surface area (Å²) < 4.78 is 0. The molecule has 1 aliphatic heterocycles. The number of nitrogens with zero attached hydrogens (tertiary/aromatic N) is 1. The van der Waals surface area contributed by atoms with E-state index in [9.17, 15) is 4.79 Å². The molecule has 1 heterocycles. The summed E-state index contributed by atoms with van der Waals surface area (Å²) in [6.45, 7) is 0. The molecule has 0 spiro atoms. The van der Waals surface area contributed by atoms with Crippen molar-refractivity contribution in [2.45, 2.75) is 31.1 Å². The Balaban J connectivity index is 1.94. The van der Waals surface area contributed by atoms with Crippen molar-refractivity contribution in [3.63, 3.8) is 0 Å². The fourth-order valence-corrected chi connectivity index (χ4v) is 4.06. The Labute approximate surface area is 130 Å². The van der Waals surface area contributed by atoms with Crippen LogP contribution in [0.25, 0.3) is 0 Å². The molecule has 2 aromatic carbocycles. The van der Waals surface area contributed by atoms with Crippen molar-refractivity contribution in [2.75, 3.05) is 0 Å². The first-order valence-corrected chi connectivity index (χ1v) is 8.05. The largest absolute Gasteiger partial charge is 0.299 e. The number of ketones is 1. The first-order chi connectivity index (χ1) is 10.8. The van der Waals surface area contributed by atoms with Crippen LogP contribution in [0.15, 0.2) is 59.6 Å². The molecule has 2 aliphatic rings. The van der Waals surface area contributed by atoms with E-state index >= 15 is 0 Å². The molecule has 1 aliphatic carbocycles. The number of Topliss-reactive ketones (excluding diaryl/α,β-unsaturated/α-hetero) is 1. The normalized spacial score (nSPS) is 26.9. The fraction of sp³-hybridized carbons (Fsp3) is 0.300. The highest BCUT2D eigenvalue weighted by Crippen LogP contribution is 2.49. The van der Waals surface area contributed by atoms with Crippen LogP contribution in [-0.4, -0.2) is 12.0 Å². The average molecular weight is 289 g/mol. The number of aliphatic imine (C=N–C) groups is 1. The van der Waals surface area contributed by atoms with Crippen molar-refractivity contribution in [1.82, 2.24) is 0 Å². The lowest BCUT2D eigenvalue weighted by atomic mass is 9.62. The topological polar surface area (TPSA) is 29.4 Å². The SMILES string of the molecule is O=C1CCCCC1C1(c2ccccc2)C=Nc2ccccc21. The summed E-state index contributed by atoms with van der Waals surface area (Å²) in [5.41, 5.74) is 2.99. The number of benzene rings is 2. The maximum absolute atomic E-state index is 12.7. The van der Waals surface area contributed by atoms with Crippen LogP contribution < -0.4 is 0 Å². The van der Waals surface area contributed by atoms with Gasteiger partial charge in [-0.05, 0) is 30.0 Å². The van der Waals surface area contributed by atoms with Gasteiger partial charge >= 0.3 is 0 Å². The second-order valence-corrected chi connectivity index (χ2v) is 6.28. The van der Waals surface area contributed by atoms with E-state index in [-0.39, 0.29) is 11.3 Å². The molecule has 0 radical (unpaired) electrons. The van der Waals surface area contributed by atoms with Crippen LogP contribution in [-0.2, 0) is 10.2 Å². The highest BCUT2D eigenvalue weighted by molar-refractivity contribution is 5.97. The number of hydrogen-bond donors (Lipinski definition) is 0. The molecule has 1 saturated carbocycles. The molecular formula is C20H19NO. The number of carbonyl (C=O) groups is 1. The Hall–Kier alpha value is -2.22. The van der Waals surface area contributed by atoms with Gasteiger partial charge in [0.2, 0.25) is 0 Å². The van der Waals surface area contributed by atoms with Crippen molar-refractivity contribution in [2.24, 2.45) is 10.9 Å². The first-order valence-electron chi connectivity index (χ1n) is 8.05. The van der Waals surface area contributed by atoms with E-state index in [4.69, 9.17) is 0 Å². The molecule has 0 saturated heterocycles. The number of rotatable bonds is 2. The second kappa shape index (κ2) is 5.20. The molecular weight excluding hydrogens is 270 g/mol. The van der Waals surface area contributed by atoms with E-state index in [0.717, 1.165) is 24.9 Å². The Bertz CT molecular complexity index is 734. The molecule has 2 unspecified atom stereocenters. The summed E-state index contributed by atoms with van der Waals surface area (Å²) >= 11 is 0. The van der Waals surface area contributed by atoms with Crippen molar-refractivity contribution in [3.05, 3.63) is 65.7 Å². The van der Waals surface area contributed by atoms with E-state index < -0.39 is 0 Å². The molecule has 0 aromatic heterocycles. The number of para-hydroxylation sites is 1. The molecule has 0 amide bonds. The average Bonchev–Trinajstić information content (AvgIpc) is 2.97. The molecule has 2 aromatic rings. The van der Waals surface area contributed by atoms with Crippen LogP contribution in [0.2, 0.25) is 0 Å². The third-order valence-electron chi connectivity index (χ3n) is 5.11. The molecule has 110 valence electrons. The first kappa shape index (κ1) is 13.4. The maximum Gasteiger partial charge on any atom is 0.137 e. The van der Waals surface area contributed by atoms with Gasteiger partial charge in [0.25, 0.3) is 0 Å². The lowest BCUT2D eigenvalue weighted by Gasteiger charge is -2.38. The van der Waals surface area contributed by atoms with E-state index in [1.54, 1.807) is 0 Å². The van der Waals surface area contributed by atoms with Gasteiger partial charge in [-0.3, -0.25) is 9.79 Å². The van der Waals surface area contributed by atoms with Crippen LogP contribution in [0.3, 0.4) is 0 Å². The predicted molar refractivity (Wildman–Crippen MR) is 88.8 cm³/mol. The summed E-state index contributed by atoms with van der Waals surface area (Å²) in [6.07, 6.45) is 5.84. The van der Waals surface area contributed by atoms with Crippen molar-refractivity contribution >= 4 is 17.7 Å². The number of hydrogen-bond acceptors (Lipinski definition) is 2. The van der Waals surface area contributed by atoms with Crippen LogP contribution in [0.5, 0.6) is 0 Å². The van der Waals surface area contributed by atoms with Crippen LogP contribution >= 0.6 is 0 Å². The maximum atomic E-state index is 12.7. The van der Waals surface area contributed by atoms with Crippen molar-refractivity contribution < 1.29 is 4.79 Å². The van der Waals surface area contributed by atoms with Crippen LogP contribution in [0, 0.1) is 5.92 Å². The molecule has 2 atom stereocenters. The zero-order chi connectivity index (χ0) is 15.0. The predicted octanol–water partition coefficient (Wildman–Crippen LogP) is 4.45. The molecule has 1 fully saturated rings. The second-order valence-electron chi connectivity index (χ2n) is 6.28. The van der Waals surface area contributed by atoms with Gasteiger partial charge in [-0.2, -0.15) is 0 Å². The highest BCUT2D eigenvalue weighted by Gasteiger charge is 2.48. The van der Waals surface area contributed by atoms with Crippen molar-refractivity contribution in [1.29, 1.82) is 0 Å². The molecule has 0 N–H and O–H groups in total. The van der Waals surface area contributed by atoms with Gasteiger partial charge in [0.15, 0.2) is 0 Å². The number of fused-ring (bicyclic) bond motifs is 1. The monoisotopic (exact) mass is 289 g/mol. The lowest BCUT2D eigenvalue weighted by Crippen LogP contribution is -2.42. The quantitative estimate of drug-likeness (QED) is 0.803. The Kier molecular flexibility index (Phi) is 3.18. The molecule has 2 nitrogen and oxygen atoms in total. The molecule has 0 bridgehead atoms. The van der Waals surface area contributed by atoms with Gasteiger partial charge in [0, 0.05) is 18.6 Å². The minimum atomic E-state index is -0.380. The lowest BCUT2D eigenvalue weighted by molar-refractivity contribution is -0.125. The van der Waals surface area contributed by atoms with Crippen LogP contribution in [0.1, 0.15) is 36.8 Å². The minimum absolute atomic E-state index is 0.0102. The van der Waals surface area contributed by atoms with E-state index in [1.165, 1.54) is 11.1 Å². The van der Waals surface area contributed by atoms with E-state index in [1.807, 2.05) is 24.4 Å².